The molecule has 0 spiro atoms. The van der Waals surface area contributed by atoms with Crippen molar-refractivity contribution in [2.24, 2.45) is 0 Å². The van der Waals surface area contributed by atoms with Crippen LogP contribution < -0.4 is 0 Å². The smallest absolute Gasteiger partial charge is 0.129 e. The first-order valence-electron chi connectivity index (χ1n) is 12.0. The average Bonchev–Trinajstić information content (AvgIpc) is 2.78. The van der Waals surface area contributed by atoms with E-state index in [0.717, 1.165) is 24.8 Å². The van der Waals surface area contributed by atoms with Crippen LogP contribution in [0.3, 0.4) is 0 Å². The highest BCUT2D eigenvalue weighted by Gasteiger charge is 2.15. The fraction of sp³-hybridized carbons (Fsp3) is 0.379. The van der Waals surface area contributed by atoms with Gasteiger partial charge in [0.15, 0.2) is 0 Å². The molecule has 182 valence electrons. The molecule has 3 aromatic rings. The Bertz CT molecular complexity index is 1070. The summed E-state index contributed by atoms with van der Waals surface area (Å²) in [5.74, 6) is -2.93. The molecule has 0 aromatic heterocycles. The van der Waals surface area contributed by atoms with Crippen LogP contribution in [0.25, 0.3) is 0 Å². The van der Waals surface area contributed by atoms with E-state index in [1.165, 1.54) is 30.3 Å². The second-order valence-electron chi connectivity index (χ2n) is 8.86. The van der Waals surface area contributed by atoms with Crippen LogP contribution in [-0.2, 0) is 38.5 Å². The molecule has 0 aliphatic carbocycles. The summed E-state index contributed by atoms with van der Waals surface area (Å²) in [6.45, 7) is 3.97. The van der Waals surface area contributed by atoms with Crippen LogP contribution in [0.2, 0.25) is 0 Å². The van der Waals surface area contributed by atoms with E-state index >= 15 is 0 Å². The van der Waals surface area contributed by atoms with Crippen molar-refractivity contribution in [1.82, 2.24) is 0 Å². The molecule has 3 aromatic carbocycles. The number of aryl methyl sites for hydroxylation is 4. The second kappa shape index (κ2) is 12.1. The molecule has 0 radical (unpaired) electrons. The van der Waals surface area contributed by atoms with E-state index in [0.29, 0.717) is 42.4 Å². The molecule has 0 amide bonds. The molecule has 0 nitrogen and oxygen atoms in total. The average molecular weight is 475 g/mol. The molecular weight excluding hydrogens is 443 g/mol. The Morgan fingerprint density at radius 1 is 0.471 bits per heavy atom. The minimum absolute atomic E-state index is 0.0152. The van der Waals surface area contributed by atoms with Crippen LogP contribution >= 0.6 is 0 Å². The molecule has 0 aliphatic rings. The lowest BCUT2D eigenvalue weighted by molar-refractivity contribution is 0.541. The largest absolute Gasteiger partial charge is 0.207 e. The third-order valence-corrected chi connectivity index (χ3v) is 6.18. The Morgan fingerprint density at radius 3 is 1.47 bits per heavy atom. The zero-order chi connectivity index (χ0) is 24.7. The van der Waals surface area contributed by atoms with Gasteiger partial charge < -0.3 is 0 Å². The molecule has 0 fully saturated rings. The monoisotopic (exact) mass is 474 g/mol. The predicted octanol–water partition coefficient (Wildman–Crippen LogP) is 8.25. The van der Waals surface area contributed by atoms with Crippen molar-refractivity contribution in [1.29, 1.82) is 0 Å². The van der Waals surface area contributed by atoms with Gasteiger partial charge in [-0.3, -0.25) is 0 Å². The topological polar surface area (TPSA) is 0 Å². The van der Waals surface area contributed by atoms with Gasteiger partial charge in [-0.15, -0.1) is 0 Å². The van der Waals surface area contributed by atoms with Gasteiger partial charge in [-0.05, 0) is 97.5 Å². The van der Waals surface area contributed by atoms with Crippen molar-refractivity contribution in [2.45, 2.75) is 71.6 Å². The Balaban J connectivity index is 1.66. The molecule has 3 rings (SSSR count). The number of rotatable bonds is 11. The first kappa shape index (κ1) is 25.9. The number of unbranched alkanes of at least 4 members (excludes halogenated alkanes) is 1. The van der Waals surface area contributed by atoms with Gasteiger partial charge in [-0.1, -0.05) is 38.8 Å². The number of benzene rings is 3. The Hall–Kier alpha value is -2.69. The number of halogens is 5. The molecule has 0 saturated carbocycles. The maximum Gasteiger partial charge on any atom is 0.129 e. The highest BCUT2D eigenvalue weighted by molar-refractivity contribution is 5.31. The third kappa shape index (κ3) is 6.68. The van der Waals surface area contributed by atoms with Gasteiger partial charge in [0.1, 0.15) is 29.1 Å². The van der Waals surface area contributed by atoms with Crippen LogP contribution in [0.1, 0.15) is 66.5 Å². The fourth-order valence-electron chi connectivity index (χ4n) is 4.22. The zero-order valence-corrected chi connectivity index (χ0v) is 19.8. The molecule has 34 heavy (non-hydrogen) atoms. The lowest BCUT2D eigenvalue weighted by Gasteiger charge is -2.11. The van der Waals surface area contributed by atoms with Crippen molar-refractivity contribution in [3.8, 4) is 0 Å². The summed E-state index contributed by atoms with van der Waals surface area (Å²) in [6, 6.07) is 10.2. The molecule has 0 saturated heterocycles. The van der Waals surface area contributed by atoms with Gasteiger partial charge >= 0.3 is 0 Å². The molecule has 0 N–H and O–H groups in total. The van der Waals surface area contributed by atoms with Gasteiger partial charge in [0.2, 0.25) is 0 Å². The van der Waals surface area contributed by atoms with Crippen molar-refractivity contribution >= 4 is 0 Å². The summed E-state index contributed by atoms with van der Waals surface area (Å²) >= 11 is 0. The first-order chi connectivity index (χ1) is 16.3. The minimum atomic E-state index is -0.700. The van der Waals surface area contributed by atoms with Gasteiger partial charge in [0.25, 0.3) is 0 Å². The number of hydrogen-bond acceptors (Lipinski definition) is 0. The van der Waals surface area contributed by atoms with E-state index in [1.54, 1.807) is 6.07 Å². The van der Waals surface area contributed by atoms with Crippen molar-refractivity contribution < 1.29 is 22.0 Å². The first-order valence-corrected chi connectivity index (χ1v) is 12.0. The highest BCUT2D eigenvalue weighted by Crippen LogP contribution is 2.23. The zero-order valence-electron chi connectivity index (χ0n) is 19.8. The Kier molecular flexibility index (Phi) is 9.26. The van der Waals surface area contributed by atoms with E-state index < -0.39 is 23.3 Å². The van der Waals surface area contributed by atoms with Crippen LogP contribution in [-0.4, -0.2) is 0 Å². The van der Waals surface area contributed by atoms with Crippen LogP contribution in [0.4, 0.5) is 22.0 Å². The van der Waals surface area contributed by atoms with E-state index in [-0.39, 0.29) is 29.8 Å². The summed E-state index contributed by atoms with van der Waals surface area (Å²) in [5, 5.41) is 0. The van der Waals surface area contributed by atoms with Crippen LogP contribution in [0.15, 0.2) is 42.5 Å². The fourth-order valence-corrected chi connectivity index (χ4v) is 4.22. The van der Waals surface area contributed by atoms with Crippen molar-refractivity contribution in [2.75, 3.05) is 0 Å². The molecule has 0 atom stereocenters. The molecule has 5 heteroatoms. The SMILES string of the molecule is CCCCc1c(F)cc(CCc2c(F)cc(CCc3ccc(CCC)cc3F)cc2F)cc1F. The van der Waals surface area contributed by atoms with E-state index in [9.17, 15) is 22.0 Å². The van der Waals surface area contributed by atoms with Gasteiger partial charge in [-0.2, -0.15) is 0 Å². The Morgan fingerprint density at radius 2 is 0.971 bits per heavy atom. The Labute approximate surface area is 198 Å². The normalized spacial score (nSPS) is 11.3. The van der Waals surface area contributed by atoms with Crippen molar-refractivity contribution in [3.05, 3.63) is 105 Å². The highest BCUT2D eigenvalue weighted by atomic mass is 19.1. The lowest BCUT2D eigenvalue weighted by Crippen LogP contribution is -2.04. The van der Waals surface area contributed by atoms with Crippen molar-refractivity contribution in [3.63, 3.8) is 0 Å². The molecule has 0 bridgehead atoms. The quantitative estimate of drug-likeness (QED) is 0.246. The summed E-state index contributed by atoms with van der Waals surface area (Å²) in [4.78, 5) is 0. The van der Waals surface area contributed by atoms with E-state index in [2.05, 4.69) is 0 Å². The maximum absolute atomic E-state index is 14.7. The minimum Gasteiger partial charge on any atom is -0.207 e. The second-order valence-corrected chi connectivity index (χ2v) is 8.86. The van der Waals surface area contributed by atoms with Gasteiger partial charge in [0.05, 0.1) is 0 Å². The summed E-state index contributed by atoms with van der Waals surface area (Å²) < 4.78 is 72.2. The number of hydrogen-bond donors (Lipinski definition) is 0. The lowest BCUT2D eigenvalue weighted by atomic mass is 9.97. The third-order valence-electron chi connectivity index (χ3n) is 6.18. The van der Waals surface area contributed by atoms with Gasteiger partial charge in [-0.25, -0.2) is 22.0 Å². The maximum atomic E-state index is 14.7. The van der Waals surface area contributed by atoms with Crippen LogP contribution in [0, 0.1) is 29.1 Å². The van der Waals surface area contributed by atoms with Gasteiger partial charge in [0, 0.05) is 11.1 Å². The summed E-state index contributed by atoms with van der Waals surface area (Å²) in [6.07, 6.45) is 4.31. The van der Waals surface area contributed by atoms with E-state index in [1.807, 2.05) is 19.9 Å². The summed E-state index contributed by atoms with van der Waals surface area (Å²) in [5.41, 5.74) is 2.18. The van der Waals surface area contributed by atoms with Crippen LogP contribution in [0.5, 0.6) is 0 Å². The molecule has 0 aliphatic heterocycles. The molecular formula is C29H31F5. The predicted molar refractivity (Wildman–Crippen MR) is 127 cm³/mol. The molecule has 0 unspecified atom stereocenters. The standard InChI is InChI=1S/C29H31F5/c1-3-5-7-23-26(31)17-21(18-27(23)32)10-13-24-28(33)15-20(16-29(24)34)9-12-22-11-8-19(6-4-2)14-25(22)30/h8,11,14-18H,3-7,9-10,12-13H2,1-2H3. The summed E-state index contributed by atoms with van der Waals surface area (Å²) in [7, 11) is 0. The molecule has 0 heterocycles. The van der Waals surface area contributed by atoms with E-state index in [4.69, 9.17) is 0 Å².